The molecule has 2 aromatic carbocycles. The number of allylic oxidation sites excluding steroid dienone is 1. The second-order valence-corrected chi connectivity index (χ2v) is 5.06. The molecular formula is C18H17ClO3. The van der Waals surface area contributed by atoms with Crippen LogP contribution in [0.4, 0.5) is 0 Å². The molecule has 0 saturated carbocycles. The summed E-state index contributed by atoms with van der Waals surface area (Å²) in [5.74, 6) is 0.655. The maximum atomic E-state index is 12.1. The largest absolute Gasteiger partial charge is 0.491 e. The molecule has 22 heavy (non-hydrogen) atoms. The van der Waals surface area contributed by atoms with Crippen LogP contribution in [-0.2, 0) is 4.74 Å². The summed E-state index contributed by atoms with van der Waals surface area (Å²) in [5, 5.41) is 0.549. The van der Waals surface area contributed by atoms with E-state index in [1.807, 2.05) is 24.3 Å². The highest BCUT2D eigenvalue weighted by Gasteiger charge is 2.02. The van der Waals surface area contributed by atoms with Crippen LogP contribution in [0.15, 0.2) is 54.6 Å². The first-order chi connectivity index (χ1) is 10.7. The van der Waals surface area contributed by atoms with Crippen LogP contribution in [0.25, 0.3) is 6.08 Å². The SMILES string of the molecule is COCCOc1cccc(/C=C/C(=O)c2cccc(Cl)c2)c1. The van der Waals surface area contributed by atoms with Gasteiger partial charge in [-0.1, -0.05) is 41.9 Å². The molecule has 0 radical (unpaired) electrons. The van der Waals surface area contributed by atoms with Crippen LogP contribution >= 0.6 is 11.6 Å². The van der Waals surface area contributed by atoms with E-state index in [1.165, 1.54) is 6.08 Å². The van der Waals surface area contributed by atoms with Gasteiger partial charge in [0.2, 0.25) is 0 Å². The zero-order valence-electron chi connectivity index (χ0n) is 12.3. The fourth-order valence-electron chi connectivity index (χ4n) is 1.86. The minimum absolute atomic E-state index is 0.0896. The van der Waals surface area contributed by atoms with Gasteiger partial charge in [-0.2, -0.15) is 0 Å². The van der Waals surface area contributed by atoms with Crippen LogP contribution in [0.5, 0.6) is 5.75 Å². The molecule has 0 fully saturated rings. The molecule has 0 bridgehead atoms. The van der Waals surface area contributed by atoms with E-state index in [0.717, 1.165) is 11.3 Å². The maximum Gasteiger partial charge on any atom is 0.185 e. The first kappa shape index (κ1) is 16.3. The Labute approximate surface area is 135 Å². The summed E-state index contributed by atoms with van der Waals surface area (Å²) in [6.45, 7) is 1.03. The lowest BCUT2D eigenvalue weighted by Gasteiger charge is -2.05. The molecule has 114 valence electrons. The summed E-state index contributed by atoms with van der Waals surface area (Å²) in [4.78, 5) is 12.1. The van der Waals surface area contributed by atoms with Gasteiger partial charge in [-0.15, -0.1) is 0 Å². The van der Waals surface area contributed by atoms with E-state index in [1.54, 1.807) is 37.5 Å². The average molecular weight is 317 g/mol. The molecule has 0 aliphatic heterocycles. The van der Waals surface area contributed by atoms with Crippen molar-refractivity contribution in [2.24, 2.45) is 0 Å². The third kappa shape index (κ3) is 5.02. The van der Waals surface area contributed by atoms with Crippen LogP contribution < -0.4 is 4.74 Å². The van der Waals surface area contributed by atoms with Crippen molar-refractivity contribution >= 4 is 23.5 Å². The number of halogens is 1. The number of hydrogen-bond donors (Lipinski definition) is 0. The van der Waals surface area contributed by atoms with Crippen molar-refractivity contribution < 1.29 is 14.3 Å². The Kier molecular flexibility index (Phi) is 6.19. The van der Waals surface area contributed by atoms with Gasteiger partial charge in [-0.3, -0.25) is 4.79 Å². The first-order valence-corrected chi connectivity index (χ1v) is 7.26. The van der Waals surface area contributed by atoms with Gasteiger partial charge in [0.15, 0.2) is 5.78 Å². The van der Waals surface area contributed by atoms with Crippen molar-refractivity contribution in [3.05, 3.63) is 70.8 Å². The number of carbonyl (C=O) groups is 1. The van der Waals surface area contributed by atoms with Crippen LogP contribution in [0.2, 0.25) is 5.02 Å². The zero-order chi connectivity index (χ0) is 15.8. The van der Waals surface area contributed by atoms with E-state index in [-0.39, 0.29) is 5.78 Å². The molecule has 0 aliphatic rings. The average Bonchev–Trinajstić information content (AvgIpc) is 2.53. The van der Waals surface area contributed by atoms with Gasteiger partial charge >= 0.3 is 0 Å². The van der Waals surface area contributed by atoms with Crippen molar-refractivity contribution in [3.63, 3.8) is 0 Å². The highest BCUT2D eigenvalue weighted by Crippen LogP contribution is 2.16. The Morgan fingerprint density at radius 2 is 1.95 bits per heavy atom. The fourth-order valence-corrected chi connectivity index (χ4v) is 2.05. The van der Waals surface area contributed by atoms with Gasteiger partial charge in [0, 0.05) is 17.7 Å². The van der Waals surface area contributed by atoms with E-state index >= 15 is 0 Å². The molecule has 2 aromatic rings. The molecule has 0 spiro atoms. The standard InChI is InChI=1S/C18H17ClO3/c1-21-10-11-22-17-7-2-4-14(12-17)8-9-18(20)15-5-3-6-16(19)13-15/h2-9,12-13H,10-11H2,1H3/b9-8+. The summed E-state index contributed by atoms with van der Waals surface area (Å²) >= 11 is 5.88. The summed E-state index contributed by atoms with van der Waals surface area (Å²) in [5.41, 5.74) is 1.46. The molecule has 0 aliphatic carbocycles. The van der Waals surface area contributed by atoms with E-state index in [0.29, 0.717) is 23.8 Å². The summed E-state index contributed by atoms with van der Waals surface area (Å²) in [6, 6.07) is 14.4. The number of ketones is 1. The van der Waals surface area contributed by atoms with E-state index in [2.05, 4.69) is 0 Å². The Hall–Kier alpha value is -2.10. The number of methoxy groups -OCH3 is 1. The molecule has 0 aromatic heterocycles. The minimum Gasteiger partial charge on any atom is -0.491 e. The smallest absolute Gasteiger partial charge is 0.185 e. The molecule has 3 nitrogen and oxygen atoms in total. The molecule has 0 saturated heterocycles. The summed E-state index contributed by atoms with van der Waals surface area (Å²) in [7, 11) is 1.63. The minimum atomic E-state index is -0.0896. The monoisotopic (exact) mass is 316 g/mol. The zero-order valence-corrected chi connectivity index (χ0v) is 13.0. The number of carbonyl (C=O) groups excluding carboxylic acids is 1. The fraction of sp³-hybridized carbons (Fsp3) is 0.167. The number of ether oxygens (including phenoxy) is 2. The van der Waals surface area contributed by atoms with E-state index < -0.39 is 0 Å². The number of rotatable bonds is 7. The Balaban J connectivity index is 2.03. The Morgan fingerprint density at radius 3 is 2.73 bits per heavy atom. The second kappa shape index (κ2) is 8.37. The van der Waals surface area contributed by atoms with Crippen molar-refractivity contribution in [1.82, 2.24) is 0 Å². The van der Waals surface area contributed by atoms with E-state index in [4.69, 9.17) is 21.1 Å². The lowest BCUT2D eigenvalue weighted by molar-refractivity contribution is 0.104. The van der Waals surface area contributed by atoms with Crippen LogP contribution in [0.3, 0.4) is 0 Å². The summed E-state index contributed by atoms with van der Waals surface area (Å²) < 4.78 is 10.5. The van der Waals surface area contributed by atoms with Gasteiger partial charge < -0.3 is 9.47 Å². The lowest BCUT2D eigenvalue weighted by Crippen LogP contribution is -2.04. The molecule has 0 unspecified atom stereocenters. The normalized spacial score (nSPS) is 10.8. The van der Waals surface area contributed by atoms with Crippen molar-refractivity contribution in [3.8, 4) is 5.75 Å². The molecule has 2 rings (SSSR count). The van der Waals surface area contributed by atoms with Gasteiger partial charge in [0.1, 0.15) is 12.4 Å². The van der Waals surface area contributed by atoms with Crippen molar-refractivity contribution in [2.75, 3.05) is 20.3 Å². The van der Waals surface area contributed by atoms with Crippen LogP contribution in [0, 0.1) is 0 Å². The maximum absolute atomic E-state index is 12.1. The third-order valence-corrected chi connectivity index (χ3v) is 3.19. The van der Waals surface area contributed by atoms with Gasteiger partial charge in [0.25, 0.3) is 0 Å². The lowest BCUT2D eigenvalue weighted by atomic mass is 10.1. The van der Waals surface area contributed by atoms with Crippen molar-refractivity contribution in [2.45, 2.75) is 0 Å². The van der Waals surface area contributed by atoms with Gasteiger partial charge in [0.05, 0.1) is 6.61 Å². The molecule has 4 heteroatoms. The highest BCUT2D eigenvalue weighted by atomic mass is 35.5. The Morgan fingerprint density at radius 1 is 1.14 bits per heavy atom. The number of hydrogen-bond acceptors (Lipinski definition) is 3. The van der Waals surface area contributed by atoms with Gasteiger partial charge in [-0.05, 0) is 35.9 Å². The number of benzene rings is 2. The molecule has 0 heterocycles. The predicted octanol–water partition coefficient (Wildman–Crippen LogP) is 4.26. The van der Waals surface area contributed by atoms with Crippen molar-refractivity contribution in [1.29, 1.82) is 0 Å². The summed E-state index contributed by atoms with van der Waals surface area (Å²) in [6.07, 6.45) is 3.28. The quantitative estimate of drug-likeness (QED) is 0.435. The third-order valence-electron chi connectivity index (χ3n) is 2.95. The first-order valence-electron chi connectivity index (χ1n) is 6.89. The van der Waals surface area contributed by atoms with Crippen LogP contribution in [-0.4, -0.2) is 26.1 Å². The second-order valence-electron chi connectivity index (χ2n) is 4.62. The van der Waals surface area contributed by atoms with Crippen LogP contribution in [0.1, 0.15) is 15.9 Å². The molecular weight excluding hydrogens is 300 g/mol. The van der Waals surface area contributed by atoms with E-state index in [9.17, 15) is 4.79 Å². The highest BCUT2D eigenvalue weighted by molar-refractivity contribution is 6.31. The Bertz CT molecular complexity index is 665. The molecule has 0 atom stereocenters. The molecule has 0 amide bonds. The predicted molar refractivity (Wildman–Crippen MR) is 88.6 cm³/mol. The van der Waals surface area contributed by atoms with Gasteiger partial charge in [-0.25, -0.2) is 0 Å². The molecule has 0 N–H and O–H groups in total. The topological polar surface area (TPSA) is 35.5 Å².